The van der Waals surface area contributed by atoms with Crippen LogP contribution in [0.2, 0.25) is 0 Å². The molecule has 0 saturated heterocycles. The minimum Gasteiger partial charge on any atom is -0.486 e. The van der Waals surface area contributed by atoms with Gasteiger partial charge in [-0.3, -0.25) is 9.59 Å². The Balaban J connectivity index is 2.18. The fraction of sp³-hybridized carbons (Fsp3) is 0.500. The lowest BCUT2D eigenvalue weighted by Crippen LogP contribution is -2.42. The van der Waals surface area contributed by atoms with Gasteiger partial charge >= 0.3 is 5.97 Å². The van der Waals surface area contributed by atoms with E-state index in [1.165, 1.54) is 0 Å². The lowest BCUT2D eigenvalue weighted by atomic mass is 9.84. The van der Waals surface area contributed by atoms with Gasteiger partial charge in [-0.05, 0) is 38.0 Å². The maximum Gasteiger partial charge on any atom is 0.305 e. The van der Waals surface area contributed by atoms with Crippen LogP contribution in [0.15, 0.2) is 22.7 Å². The molecule has 1 aliphatic rings. The normalized spacial score (nSPS) is 20.6. The summed E-state index contributed by atoms with van der Waals surface area (Å²) >= 11 is 3.39. The fourth-order valence-electron chi connectivity index (χ4n) is 2.54. The monoisotopic (exact) mass is 354 g/mol. The first-order chi connectivity index (χ1) is 9.99. The van der Waals surface area contributed by atoms with Crippen LogP contribution >= 0.6 is 15.9 Å². The van der Waals surface area contributed by atoms with Crippen LogP contribution in [-0.2, 0) is 9.53 Å². The molecule has 1 aromatic rings. The molecule has 114 valence electrons. The largest absolute Gasteiger partial charge is 0.486 e. The molecular formula is C16H19BrO4. The number of halogens is 1. The van der Waals surface area contributed by atoms with Gasteiger partial charge in [-0.25, -0.2) is 0 Å². The summed E-state index contributed by atoms with van der Waals surface area (Å²) < 4.78 is 11.9. The number of esters is 1. The highest BCUT2D eigenvalue weighted by Crippen LogP contribution is 2.39. The van der Waals surface area contributed by atoms with Crippen molar-refractivity contribution in [1.29, 1.82) is 0 Å². The molecule has 1 aromatic carbocycles. The van der Waals surface area contributed by atoms with Crippen LogP contribution < -0.4 is 4.74 Å². The van der Waals surface area contributed by atoms with Crippen molar-refractivity contribution in [2.45, 2.75) is 45.1 Å². The molecule has 1 unspecified atom stereocenters. The first kappa shape index (κ1) is 16.0. The molecule has 2 rings (SSSR count). The van der Waals surface area contributed by atoms with Crippen LogP contribution in [-0.4, -0.2) is 24.0 Å². The summed E-state index contributed by atoms with van der Waals surface area (Å²) in [5.41, 5.74) is -0.00382. The number of rotatable bonds is 5. The van der Waals surface area contributed by atoms with Crippen LogP contribution in [0, 0.1) is 0 Å². The number of ketones is 1. The number of fused-ring (bicyclic) bond motifs is 1. The Labute approximate surface area is 132 Å². The minimum atomic E-state index is -0.613. The first-order valence-electron chi connectivity index (χ1n) is 7.17. The van der Waals surface area contributed by atoms with E-state index in [1.54, 1.807) is 19.1 Å². The molecule has 0 bridgehead atoms. The Kier molecular flexibility index (Phi) is 5.04. The van der Waals surface area contributed by atoms with Crippen LogP contribution in [0.5, 0.6) is 5.75 Å². The predicted octanol–water partition coefficient (Wildman–Crippen LogP) is 3.91. The van der Waals surface area contributed by atoms with E-state index in [0.29, 0.717) is 37.2 Å². The molecule has 0 aromatic heterocycles. The summed E-state index contributed by atoms with van der Waals surface area (Å²) in [5, 5.41) is 0. The zero-order chi connectivity index (χ0) is 15.5. The van der Waals surface area contributed by atoms with Crippen molar-refractivity contribution in [3.63, 3.8) is 0 Å². The highest BCUT2D eigenvalue weighted by atomic mass is 79.9. The van der Waals surface area contributed by atoms with E-state index in [4.69, 9.17) is 9.47 Å². The number of Topliss-reactive ketones (excluding diaryl/α,β-unsaturated/α-hetero) is 1. The number of hydrogen-bond acceptors (Lipinski definition) is 4. The Morgan fingerprint density at radius 1 is 1.43 bits per heavy atom. The number of ether oxygens (including phenoxy) is 2. The zero-order valence-electron chi connectivity index (χ0n) is 12.3. The van der Waals surface area contributed by atoms with Crippen molar-refractivity contribution >= 4 is 27.7 Å². The number of hydrogen-bond donors (Lipinski definition) is 0. The Bertz CT molecular complexity index is 555. The Hall–Kier alpha value is -1.36. The molecule has 0 amide bonds. The molecule has 5 heteroatoms. The second kappa shape index (κ2) is 6.60. The van der Waals surface area contributed by atoms with Crippen LogP contribution in [0.4, 0.5) is 0 Å². The maximum atomic E-state index is 12.3. The predicted molar refractivity (Wildman–Crippen MR) is 82.6 cm³/mol. The van der Waals surface area contributed by atoms with Crippen molar-refractivity contribution in [3.8, 4) is 5.75 Å². The summed E-state index contributed by atoms with van der Waals surface area (Å²) in [4.78, 5) is 23.9. The minimum absolute atomic E-state index is 0.0643. The van der Waals surface area contributed by atoms with Crippen molar-refractivity contribution in [3.05, 3.63) is 28.2 Å². The first-order valence-corrected chi connectivity index (χ1v) is 7.96. The SMILES string of the molecule is CCOC(=O)CCC1(CC)CC(=O)c2ccc(Br)cc2O1. The van der Waals surface area contributed by atoms with Crippen molar-refractivity contribution in [2.75, 3.05) is 6.61 Å². The van der Waals surface area contributed by atoms with Crippen LogP contribution in [0.1, 0.15) is 49.9 Å². The summed E-state index contributed by atoms with van der Waals surface area (Å²) in [7, 11) is 0. The van der Waals surface area contributed by atoms with E-state index in [1.807, 2.05) is 13.0 Å². The summed E-state index contributed by atoms with van der Waals surface area (Å²) in [6.45, 7) is 4.12. The molecule has 0 fully saturated rings. The standard InChI is InChI=1S/C16H19BrO4/c1-3-16(8-7-15(19)20-4-2)10-13(18)12-6-5-11(17)9-14(12)21-16/h5-6,9H,3-4,7-8,10H2,1-2H3. The van der Waals surface area contributed by atoms with E-state index < -0.39 is 5.60 Å². The average Bonchev–Trinajstić information content (AvgIpc) is 2.45. The van der Waals surface area contributed by atoms with Gasteiger partial charge in [0.15, 0.2) is 5.78 Å². The summed E-state index contributed by atoms with van der Waals surface area (Å²) in [6.07, 6.45) is 1.72. The quantitative estimate of drug-likeness (QED) is 0.752. The van der Waals surface area contributed by atoms with Gasteiger partial charge in [0.1, 0.15) is 11.4 Å². The van der Waals surface area contributed by atoms with Crippen molar-refractivity contribution in [1.82, 2.24) is 0 Å². The Morgan fingerprint density at radius 2 is 2.19 bits per heavy atom. The van der Waals surface area contributed by atoms with Gasteiger partial charge in [-0.2, -0.15) is 0 Å². The maximum absolute atomic E-state index is 12.3. The molecule has 1 heterocycles. The summed E-state index contributed by atoms with van der Waals surface area (Å²) in [6, 6.07) is 5.41. The molecule has 0 saturated carbocycles. The van der Waals surface area contributed by atoms with E-state index in [2.05, 4.69) is 15.9 Å². The van der Waals surface area contributed by atoms with Gasteiger partial charge in [0.2, 0.25) is 0 Å². The summed E-state index contributed by atoms with van der Waals surface area (Å²) in [5.74, 6) is 0.405. The molecule has 0 spiro atoms. The number of carbonyl (C=O) groups excluding carboxylic acids is 2. The van der Waals surface area contributed by atoms with Crippen molar-refractivity contribution < 1.29 is 19.1 Å². The molecule has 0 aliphatic carbocycles. The third-order valence-corrected chi connectivity index (χ3v) is 4.28. The average molecular weight is 355 g/mol. The van der Waals surface area contributed by atoms with E-state index in [0.717, 1.165) is 4.47 Å². The van der Waals surface area contributed by atoms with Gasteiger partial charge in [0, 0.05) is 10.9 Å². The molecule has 1 atom stereocenters. The smallest absolute Gasteiger partial charge is 0.305 e. The van der Waals surface area contributed by atoms with E-state index in [9.17, 15) is 9.59 Å². The second-order valence-corrected chi connectivity index (χ2v) is 6.10. The van der Waals surface area contributed by atoms with Gasteiger partial charge in [0.25, 0.3) is 0 Å². The lowest BCUT2D eigenvalue weighted by molar-refractivity contribution is -0.144. The topological polar surface area (TPSA) is 52.6 Å². The van der Waals surface area contributed by atoms with Gasteiger partial charge in [-0.1, -0.05) is 22.9 Å². The molecule has 4 nitrogen and oxygen atoms in total. The van der Waals surface area contributed by atoms with Crippen molar-refractivity contribution in [2.24, 2.45) is 0 Å². The lowest BCUT2D eigenvalue weighted by Gasteiger charge is -2.37. The van der Waals surface area contributed by atoms with E-state index >= 15 is 0 Å². The van der Waals surface area contributed by atoms with Gasteiger partial charge < -0.3 is 9.47 Å². The second-order valence-electron chi connectivity index (χ2n) is 5.18. The van der Waals surface area contributed by atoms with Crippen LogP contribution in [0.3, 0.4) is 0 Å². The fourth-order valence-corrected chi connectivity index (χ4v) is 2.88. The highest BCUT2D eigenvalue weighted by molar-refractivity contribution is 9.10. The molecule has 21 heavy (non-hydrogen) atoms. The zero-order valence-corrected chi connectivity index (χ0v) is 13.9. The Morgan fingerprint density at radius 3 is 2.86 bits per heavy atom. The molecule has 1 aliphatic heterocycles. The number of carbonyl (C=O) groups is 2. The third kappa shape index (κ3) is 3.64. The third-order valence-electron chi connectivity index (χ3n) is 3.79. The van der Waals surface area contributed by atoms with Gasteiger partial charge in [-0.15, -0.1) is 0 Å². The number of benzene rings is 1. The van der Waals surface area contributed by atoms with E-state index in [-0.39, 0.29) is 18.2 Å². The molecular weight excluding hydrogens is 336 g/mol. The highest BCUT2D eigenvalue weighted by Gasteiger charge is 2.39. The van der Waals surface area contributed by atoms with Crippen LogP contribution in [0.25, 0.3) is 0 Å². The van der Waals surface area contributed by atoms with Gasteiger partial charge in [0.05, 0.1) is 18.6 Å². The molecule has 0 N–H and O–H groups in total. The molecule has 0 radical (unpaired) electrons.